The molecule has 2 rings (SSSR count). The van der Waals surface area contributed by atoms with Crippen molar-refractivity contribution in [1.82, 2.24) is 4.90 Å². The molecule has 0 aromatic carbocycles. The van der Waals surface area contributed by atoms with E-state index in [2.05, 4.69) is 18.7 Å². The van der Waals surface area contributed by atoms with E-state index in [1.807, 2.05) is 0 Å². The summed E-state index contributed by atoms with van der Waals surface area (Å²) in [6.07, 6.45) is 3.87. The molecule has 118 valence electrons. The van der Waals surface area contributed by atoms with Crippen LogP contribution in [0.3, 0.4) is 0 Å². The molecule has 5 nitrogen and oxygen atoms in total. The van der Waals surface area contributed by atoms with Crippen molar-refractivity contribution < 1.29 is 14.2 Å². The van der Waals surface area contributed by atoms with E-state index in [0.29, 0.717) is 25.3 Å². The maximum atomic E-state index is 6.40. The van der Waals surface area contributed by atoms with Gasteiger partial charge in [0.1, 0.15) is 0 Å². The Bertz CT molecular complexity index is 295. The van der Waals surface area contributed by atoms with E-state index in [9.17, 15) is 0 Å². The molecule has 2 fully saturated rings. The molecular formula is C15H30N2O3. The third kappa shape index (κ3) is 3.52. The van der Waals surface area contributed by atoms with Gasteiger partial charge in [-0.1, -0.05) is 6.92 Å². The summed E-state index contributed by atoms with van der Waals surface area (Å²) < 4.78 is 17.0. The zero-order valence-electron chi connectivity index (χ0n) is 13.1. The lowest BCUT2D eigenvalue weighted by Gasteiger charge is -2.46. The van der Waals surface area contributed by atoms with Gasteiger partial charge in [0.25, 0.3) is 0 Å². The molecule has 0 aromatic rings. The Morgan fingerprint density at radius 2 is 2.10 bits per heavy atom. The Balaban J connectivity index is 2.07. The molecule has 2 aliphatic rings. The highest BCUT2D eigenvalue weighted by Gasteiger charge is 2.46. The second-order valence-corrected chi connectivity index (χ2v) is 6.07. The first-order valence-electron chi connectivity index (χ1n) is 7.90. The molecule has 3 atom stereocenters. The fourth-order valence-electron chi connectivity index (χ4n) is 3.42. The van der Waals surface area contributed by atoms with Gasteiger partial charge in [0.15, 0.2) is 5.79 Å². The van der Waals surface area contributed by atoms with E-state index in [-0.39, 0.29) is 11.8 Å². The first-order chi connectivity index (χ1) is 9.62. The molecule has 0 radical (unpaired) electrons. The van der Waals surface area contributed by atoms with Gasteiger partial charge in [0.2, 0.25) is 0 Å². The average Bonchev–Trinajstić information content (AvgIpc) is 2.91. The van der Waals surface area contributed by atoms with Gasteiger partial charge < -0.3 is 19.9 Å². The van der Waals surface area contributed by atoms with Crippen LogP contribution in [0.15, 0.2) is 0 Å². The smallest absolute Gasteiger partial charge is 0.170 e. The minimum Gasteiger partial charge on any atom is -0.383 e. The Labute approximate surface area is 122 Å². The van der Waals surface area contributed by atoms with Crippen LogP contribution in [0.25, 0.3) is 0 Å². The van der Waals surface area contributed by atoms with E-state index in [0.717, 1.165) is 38.8 Å². The van der Waals surface area contributed by atoms with Gasteiger partial charge in [0.05, 0.1) is 19.8 Å². The maximum absolute atomic E-state index is 6.40. The lowest BCUT2D eigenvalue weighted by molar-refractivity contribution is -0.194. The number of ether oxygens (including phenoxy) is 3. The van der Waals surface area contributed by atoms with Gasteiger partial charge in [-0.2, -0.15) is 0 Å². The molecule has 20 heavy (non-hydrogen) atoms. The highest BCUT2D eigenvalue weighted by atomic mass is 16.7. The molecule has 1 spiro atoms. The monoisotopic (exact) mass is 286 g/mol. The van der Waals surface area contributed by atoms with Crippen molar-refractivity contribution in [3.05, 3.63) is 0 Å². The van der Waals surface area contributed by atoms with E-state index in [1.165, 1.54) is 0 Å². The molecule has 0 aromatic heterocycles. The molecule has 0 amide bonds. The summed E-state index contributed by atoms with van der Waals surface area (Å²) in [5.74, 6) is -0.376. The third-order valence-corrected chi connectivity index (χ3v) is 4.82. The molecule has 1 saturated heterocycles. The predicted octanol–water partition coefficient (Wildman–Crippen LogP) is 1.36. The van der Waals surface area contributed by atoms with Crippen LogP contribution in [0, 0.1) is 0 Å². The molecule has 1 saturated carbocycles. The second kappa shape index (κ2) is 7.18. The minimum atomic E-state index is -0.376. The first-order valence-corrected chi connectivity index (χ1v) is 7.90. The second-order valence-electron chi connectivity index (χ2n) is 6.07. The van der Waals surface area contributed by atoms with Crippen molar-refractivity contribution in [1.29, 1.82) is 0 Å². The zero-order chi connectivity index (χ0) is 14.6. The van der Waals surface area contributed by atoms with Crippen molar-refractivity contribution in [2.75, 3.05) is 33.5 Å². The Morgan fingerprint density at radius 1 is 1.40 bits per heavy atom. The van der Waals surface area contributed by atoms with Crippen molar-refractivity contribution in [2.24, 2.45) is 5.73 Å². The lowest BCUT2D eigenvalue weighted by Crippen LogP contribution is -2.58. The number of nitrogens with two attached hydrogens (primary N) is 1. The molecule has 1 aliphatic carbocycles. The van der Waals surface area contributed by atoms with Gasteiger partial charge in [-0.15, -0.1) is 0 Å². The number of hydrogen-bond acceptors (Lipinski definition) is 5. The normalized spacial score (nSPS) is 31.1. The SMILES string of the molecule is CCC(C)N(CCOC)C1CC2(CCC1N)OCCO2. The summed E-state index contributed by atoms with van der Waals surface area (Å²) in [5, 5.41) is 0. The van der Waals surface area contributed by atoms with Crippen LogP contribution in [-0.4, -0.2) is 62.3 Å². The van der Waals surface area contributed by atoms with Crippen molar-refractivity contribution >= 4 is 0 Å². The highest BCUT2D eigenvalue weighted by Crippen LogP contribution is 2.37. The number of methoxy groups -OCH3 is 1. The molecule has 1 aliphatic heterocycles. The van der Waals surface area contributed by atoms with Gasteiger partial charge in [-0.05, 0) is 19.8 Å². The zero-order valence-corrected chi connectivity index (χ0v) is 13.1. The van der Waals surface area contributed by atoms with E-state index >= 15 is 0 Å². The summed E-state index contributed by atoms with van der Waals surface area (Å²) in [6.45, 7) is 7.56. The Hall–Kier alpha value is -0.200. The summed E-state index contributed by atoms with van der Waals surface area (Å²) in [7, 11) is 1.75. The number of rotatable bonds is 6. The van der Waals surface area contributed by atoms with Crippen molar-refractivity contribution in [3.63, 3.8) is 0 Å². The summed E-state index contributed by atoms with van der Waals surface area (Å²) in [5.41, 5.74) is 6.40. The molecular weight excluding hydrogens is 256 g/mol. The van der Waals surface area contributed by atoms with Crippen LogP contribution in [-0.2, 0) is 14.2 Å². The van der Waals surface area contributed by atoms with E-state index < -0.39 is 0 Å². The third-order valence-electron chi connectivity index (χ3n) is 4.82. The fraction of sp³-hybridized carbons (Fsp3) is 1.00. The quantitative estimate of drug-likeness (QED) is 0.799. The van der Waals surface area contributed by atoms with Crippen LogP contribution in [0.2, 0.25) is 0 Å². The first kappa shape index (κ1) is 16.2. The fourth-order valence-corrected chi connectivity index (χ4v) is 3.42. The standard InChI is InChI=1S/C15H30N2O3/c1-4-12(2)17(7-8-18-3)14-11-15(6-5-13(14)16)19-9-10-20-15/h12-14H,4-11,16H2,1-3H3. The number of nitrogens with zero attached hydrogens (tertiary/aromatic N) is 1. The lowest BCUT2D eigenvalue weighted by atomic mass is 9.84. The molecule has 5 heteroatoms. The van der Waals surface area contributed by atoms with Gasteiger partial charge >= 0.3 is 0 Å². The average molecular weight is 286 g/mol. The van der Waals surface area contributed by atoms with Crippen LogP contribution in [0.5, 0.6) is 0 Å². The van der Waals surface area contributed by atoms with Gasteiger partial charge in [-0.25, -0.2) is 0 Å². The Kier molecular flexibility index (Phi) is 5.81. The van der Waals surface area contributed by atoms with Gasteiger partial charge in [0, 0.05) is 44.6 Å². The predicted molar refractivity (Wildman–Crippen MR) is 78.6 cm³/mol. The van der Waals surface area contributed by atoms with E-state index in [4.69, 9.17) is 19.9 Å². The van der Waals surface area contributed by atoms with Crippen molar-refractivity contribution in [3.8, 4) is 0 Å². The Morgan fingerprint density at radius 3 is 2.70 bits per heavy atom. The topological polar surface area (TPSA) is 57.0 Å². The molecule has 2 N–H and O–H groups in total. The number of hydrogen-bond donors (Lipinski definition) is 1. The molecule has 0 bridgehead atoms. The minimum absolute atomic E-state index is 0.194. The summed E-state index contributed by atoms with van der Waals surface area (Å²) in [4.78, 5) is 2.49. The molecule has 3 unspecified atom stereocenters. The van der Waals surface area contributed by atoms with Crippen LogP contribution >= 0.6 is 0 Å². The van der Waals surface area contributed by atoms with Gasteiger partial charge in [-0.3, -0.25) is 4.90 Å². The highest BCUT2D eigenvalue weighted by molar-refractivity contribution is 4.96. The largest absolute Gasteiger partial charge is 0.383 e. The van der Waals surface area contributed by atoms with E-state index in [1.54, 1.807) is 7.11 Å². The summed E-state index contributed by atoms with van der Waals surface area (Å²) >= 11 is 0. The van der Waals surface area contributed by atoms with Crippen LogP contribution in [0.4, 0.5) is 0 Å². The summed E-state index contributed by atoms with van der Waals surface area (Å²) in [6, 6.07) is 1.00. The van der Waals surface area contributed by atoms with Crippen LogP contribution < -0.4 is 5.73 Å². The molecule has 1 heterocycles. The van der Waals surface area contributed by atoms with Crippen LogP contribution in [0.1, 0.15) is 39.5 Å². The van der Waals surface area contributed by atoms with Crippen molar-refractivity contribution in [2.45, 2.75) is 63.4 Å². The maximum Gasteiger partial charge on any atom is 0.170 e.